The number of aromatic carboxylic acids is 1. The quantitative estimate of drug-likeness (QED) is 0.337. The number of carboxylic acid groups (broad SMARTS) is 1. The first kappa shape index (κ1) is 25.0. The van der Waals surface area contributed by atoms with E-state index in [4.69, 9.17) is 5.11 Å². The van der Waals surface area contributed by atoms with Gasteiger partial charge in [0, 0.05) is 11.9 Å². The van der Waals surface area contributed by atoms with Gasteiger partial charge in [-0.1, -0.05) is 36.4 Å². The minimum absolute atomic E-state index is 0.153. The summed E-state index contributed by atoms with van der Waals surface area (Å²) in [4.78, 5) is 24.5. The molecule has 4 aromatic rings. The predicted molar refractivity (Wildman–Crippen MR) is 129 cm³/mol. The van der Waals surface area contributed by atoms with Crippen molar-refractivity contribution in [2.45, 2.75) is 39.0 Å². The summed E-state index contributed by atoms with van der Waals surface area (Å²) in [7, 11) is 0. The summed E-state index contributed by atoms with van der Waals surface area (Å²) in [5.41, 5.74) is 2.61. The molecule has 0 fully saturated rings. The van der Waals surface area contributed by atoms with Crippen molar-refractivity contribution >= 4 is 22.8 Å². The summed E-state index contributed by atoms with van der Waals surface area (Å²) >= 11 is 0. The largest absolute Gasteiger partial charge is 0.478 e. The van der Waals surface area contributed by atoms with Crippen molar-refractivity contribution in [1.82, 2.24) is 15.1 Å². The van der Waals surface area contributed by atoms with Gasteiger partial charge < -0.3 is 10.4 Å². The zero-order chi connectivity index (χ0) is 26.0. The van der Waals surface area contributed by atoms with Crippen LogP contribution in [0.1, 0.15) is 63.0 Å². The average molecular weight is 496 g/mol. The Morgan fingerprint density at radius 2 is 1.69 bits per heavy atom. The molecule has 0 radical (unpaired) electrons. The number of carbonyl (C=O) groups excluding carboxylic acids is 1. The molecule has 2 N–H and O–H groups in total. The second-order valence-corrected chi connectivity index (χ2v) is 8.47. The van der Waals surface area contributed by atoms with Crippen molar-refractivity contribution in [2.24, 2.45) is 0 Å². The lowest BCUT2D eigenvalue weighted by molar-refractivity contribution is -0.137. The molecule has 4 rings (SSSR count). The van der Waals surface area contributed by atoms with E-state index in [1.807, 2.05) is 19.1 Å². The highest BCUT2D eigenvalue weighted by Crippen LogP contribution is 2.30. The minimum atomic E-state index is -4.41. The number of carboxylic acids is 1. The predicted octanol–water partition coefficient (Wildman–Crippen LogP) is 5.86. The highest BCUT2D eigenvalue weighted by atomic mass is 19.4. The maximum Gasteiger partial charge on any atom is 0.416 e. The van der Waals surface area contributed by atoms with Gasteiger partial charge in [0.25, 0.3) is 5.91 Å². The fourth-order valence-electron chi connectivity index (χ4n) is 4.15. The van der Waals surface area contributed by atoms with Crippen LogP contribution in [0.5, 0.6) is 0 Å². The molecule has 0 aliphatic carbocycles. The highest BCUT2D eigenvalue weighted by Gasteiger charge is 2.30. The van der Waals surface area contributed by atoms with E-state index >= 15 is 0 Å². The average Bonchev–Trinajstić information content (AvgIpc) is 3.24. The molecule has 36 heavy (non-hydrogen) atoms. The van der Waals surface area contributed by atoms with Gasteiger partial charge >= 0.3 is 12.1 Å². The number of hydrogen-bond acceptors (Lipinski definition) is 3. The summed E-state index contributed by atoms with van der Waals surface area (Å²) in [5.74, 6) is -1.38. The monoisotopic (exact) mass is 495 g/mol. The zero-order valence-corrected chi connectivity index (χ0v) is 19.6. The van der Waals surface area contributed by atoms with Gasteiger partial charge in [-0.15, -0.1) is 0 Å². The van der Waals surface area contributed by atoms with Crippen LogP contribution in [0.25, 0.3) is 10.9 Å². The minimum Gasteiger partial charge on any atom is -0.478 e. The number of benzene rings is 3. The van der Waals surface area contributed by atoms with Gasteiger partial charge in [-0.25, -0.2) is 4.79 Å². The van der Waals surface area contributed by atoms with Gasteiger partial charge in [0.15, 0.2) is 0 Å². The lowest BCUT2D eigenvalue weighted by Crippen LogP contribution is -2.29. The molecule has 0 aliphatic heterocycles. The third-order valence-electron chi connectivity index (χ3n) is 6.05. The number of rotatable bonds is 7. The normalized spacial score (nSPS) is 12.5. The first-order chi connectivity index (χ1) is 17.1. The van der Waals surface area contributed by atoms with Crippen LogP contribution in [0, 0.1) is 0 Å². The van der Waals surface area contributed by atoms with Gasteiger partial charge in [-0.3, -0.25) is 9.48 Å². The van der Waals surface area contributed by atoms with Gasteiger partial charge in [0.1, 0.15) is 5.69 Å². The highest BCUT2D eigenvalue weighted by molar-refractivity contribution is 6.06. The van der Waals surface area contributed by atoms with Crippen LogP contribution in [-0.4, -0.2) is 26.8 Å². The van der Waals surface area contributed by atoms with Crippen molar-refractivity contribution < 1.29 is 27.9 Å². The number of carbonyl (C=O) groups is 2. The molecular formula is C27H24F3N3O3. The maximum absolute atomic E-state index is 13.4. The first-order valence-corrected chi connectivity index (χ1v) is 11.4. The smallest absolute Gasteiger partial charge is 0.416 e. The van der Waals surface area contributed by atoms with Crippen molar-refractivity contribution in [3.8, 4) is 0 Å². The van der Waals surface area contributed by atoms with Crippen LogP contribution in [-0.2, 0) is 19.1 Å². The topological polar surface area (TPSA) is 84.2 Å². The van der Waals surface area contributed by atoms with E-state index < -0.39 is 23.8 Å². The Bertz CT molecular complexity index is 1410. The van der Waals surface area contributed by atoms with E-state index in [0.717, 1.165) is 23.3 Å². The van der Waals surface area contributed by atoms with E-state index in [-0.39, 0.29) is 11.5 Å². The molecule has 0 spiro atoms. The summed E-state index contributed by atoms with van der Waals surface area (Å²) in [6, 6.07) is 16.3. The van der Waals surface area contributed by atoms with E-state index in [2.05, 4.69) is 10.4 Å². The maximum atomic E-state index is 13.4. The Kier molecular flexibility index (Phi) is 6.83. The van der Waals surface area contributed by atoms with Crippen LogP contribution in [0.15, 0.2) is 66.7 Å². The fourth-order valence-corrected chi connectivity index (χ4v) is 4.15. The second kappa shape index (κ2) is 9.85. The summed E-state index contributed by atoms with van der Waals surface area (Å²) in [6.07, 6.45) is -4.08. The van der Waals surface area contributed by atoms with E-state index in [1.165, 1.54) is 24.3 Å². The number of alkyl halides is 3. The molecule has 9 heteroatoms. The molecule has 1 aromatic heterocycles. The van der Waals surface area contributed by atoms with Crippen LogP contribution in [0.3, 0.4) is 0 Å². The molecule has 1 heterocycles. The zero-order valence-electron chi connectivity index (χ0n) is 19.6. The number of halogens is 3. The van der Waals surface area contributed by atoms with Crippen LogP contribution >= 0.6 is 0 Å². The van der Waals surface area contributed by atoms with Gasteiger partial charge in [0.2, 0.25) is 0 Å². The number of nitrogens with zero attached hydrogens (tertiary/aromatic N) is 2. The molecule has 186 valence electrons. The molecule has 0 saturated carbocycles. The number of aryl methyl sites for hydroxylation is 1. The standard InChI is InChI=1S/C27H24F3N3O3/c1-3-33-24(25(34)31-16(2)18-9-11-19(12-10-18)26(35)36)23-20(5-4-6-22(23)32-33)15-17-7-13-21(14-8-17)27(28,29)30/h4-14,16H,3,15H2,1-2H3,(H,31,34)(H,35,36). The third-order valence-corrected chi connectivity index (χ3v) is 6.05. The number of nitrogens with one attached hydrogen (secondary N) is 1. The Labute approximate surface area is 205 Å². The van der Waals surface area contributed by atoms with Crippen LogP contribution < -0.4 is 5.32 Å². The summed E-state index contributed by atoms with van der Waals surface area (Å²) < 4.78 is 40.4. The van der Waals surface area contributed by atoms with Crippen LogP contribution in [0.2, 0.25) is 0 Å². The number of aromatic nitrogens is 2. The van der Waals surface area contributed by atoms with Gasteiger partial charge in [-0.2, -0.15) is 18.3 Å². The van der Waals surface area contributed by atoms with Crippen molar-refractivity contribution in [1.29, 1.82) is 0 Å². The lowest BCUT2D eigenvalue weighted by Gasteiger charge is -2.16. The second-order valence-electron chi connectivity index (χ2n) is 8.47. The molecule has 0 aliphatic rings. The first-order valence-electron chi connectivity index (χ1n) is 11.4. The summed E-state index contributed by atoms with van der Waals surface area (Å²) in [5, 5.41) is 17.2. The molecule has 1 unspecified atom stereocenters. The molecule has 0 bridgehead atoms. The van der Waals surface area contributed by atoms with E-state index in [0.29, 0.717) is 35.1 Å². The molecule has 0 saturated heterocycles. The van der Waals surface area contributed by atoms with E-state index in [1.54, 1.807) is 29.8 Å². The Balaban J connectivity index is 1.65. The Morgan fingerprint density at radius 1 is 1.03 bits per heavy atom. The van der Waals surface area contributed by atoms with Crippen LogP contribution in [0.4, 0.5) is 13.2 Å². The SMILES string of the molecule is CCn1nc2cccc(Cc3ccc(C(F)(F)F)cc3)c2c1C(=O)NC(C)c1ccc(C(=O)O)cc1. The third kappa shape index (κ3) is 5.10. The number of amides is 1. The van der Waals surface area contributed by atoms with Gasteiger partial charge in [-0.05, 0) is 67.3 Å². The van der Waals surface area contributed by atoms with Crippen molar-refractivity contribution in [3.05, 3.63) is 100 Å². The van der Waals surface area contributed by atoms with Crippen molar-refractivity contribution in [2.75, 3.05) is 0 Å². The molecule has 3 aromatic carbocycles. The van der Waals surface area contributed by atoms with E-state index in [9.17, 15) is 22.8 Å². The number of hydrogen-bond donors (Lipinski definition) is 2. The molecule has 1 amide bonds. The summed E-state index contributed by atoms with van der Waals surface area (Å²) in [6.45, 7) is 4.11. The van der Waals surface area contributed by atoms with Crippen molar-refractivity contribution in [3.63, 3.8) is 0 Å². The molecule has 1 atom stereocenters. The fraction of sp³-hybridized carbons (Fsp3) is 0.222. The molecule has 6 nitrogen and oxygen atoms in total. The molecular weight excluding hydrogens is 471 g/mol. The lowest BCUT2D eigenvalue weighted by atomic mass is 9.98. The Hall–Kier alpha value is -4.14. The van der Waals surface area contributed by atoms with Gasteiger partial charge in [0.05, 0.1) is 22.7 Å². The Morgan fingerprint density at radius 3 is 2.28 bits per heavy atom. The number of fused-ring (bicyclic) bond motifs is 1.